The van der Waals surface area contributed by atoms with Gasteiger partial charge in [-0.15, -0.1) is 0 Å². The average Bonchev–Trinajstić information content (AvgIpc) is 3.23. The van der Waals surface area contributed by atoms with Crippen molar-refractivity contribution >= 4 is 23.2 Å². The number of rotatable bonds is 10. The fourth-order valence-electron chi connectivity index (χ4n) is 2.61. The van der Waals surface area contributed by atoms with Gasteiger partial charge in [0.1, 0.15) is 0 Å². The molecule has 1 heterocycles. The molecular weight excluding hydrogens is 372 g/mol. The van der Waals surface area contributed by atoms with E-state index in [9.17, 15) is 9.59 Å². The number of likely N-dealkylation sites (N-methyl/N-ethyl adjacent to an activating group) is 1. The molecule has 7 heteroatoms. The van der Waals surface area contributed by atoms with Crippen molar-refractivity contribution in [3.63, 3.8) is 0 Å². The molecule has 1 aromatic carbocycles. The lowest BCUT2D eigenvalue weighted by atomic mass is 10.1. The lowest BCUT2D eigenvalue weighted by molar-refractivity contribution is -0.132. The zero-order chi connectivity index (χ0) is 20.4. The highest BCUT2D eigenvalue weighted by atomic mass is 32.1. The van der Waals surface area contributed by atoms with Crippen molar-refractivity contribution in [2.45, 2.75) is 19.4 Å². The summed E-state index contributed by atoms with van der Waals surface area (Å²) in [5.74, 6) is -0.0354. The Morgan fingerprint density at radius 1 is 1.14 bits per heavy atom. The molecule has 0 radical (unpaired) electrons. The van der Waals surface area contributed by atoms with Gasteiger partial charge in [0, 0.05) is 43.5 Å². The van der Waals surface area contributed by atoms with Crippen LogP contribution in [0, 0.1) is 11.3 Å². The zero-order valence-corrected chi connectivity index (χ0v) is 17.2. The van der Waals surface area contributed by atoms with Gasteiger partial charge in [0.25, 0.3) is 5.91 Å². The van der Waals surface area contributed by atoms with Crippen LogP contribution in [0.1, 0.15) is 34.3 Å². The van der Waals surface area contributed by atoms with Gasteiger partial charge in [-0.2, -0.15) is 16.6 Å². The van der Waals surface area contributed by atoms with Gasteiger partial charge in [0.15, 0.2) is 0 Å². The first-order valence-electron chi connectivity index (χ1n) is 9.21. The molecule has 2 rings (SSSR count). The van der Waals surface area contributed by atoms with Crippen LogP contribution in [0.5, 0.6) is 0 Å². The number of thiophene rings is 1. The third kappa shape index (κ3) is 7.14. The minimum atomic E-state index is -0.101. The second kappa shape index (κ2) is 11.2. The SMILES string of the molecule is CN(C)CCN(Cc1ccc(C#N)cc1)C(=O)CCCNC(=O)c1ccsc1. The number of nitriles is 1. The monoisotopic (exact) mass is 398 g/mol. The average molecular weight is 399 g/mol. The summed E-state index contributed by atoms with van der Waals surface area (Å²) in [4.78, 5) is 28.5. The topological polar surface area (TPSA) is 76.4 Å². The zero-order valence-electron chi connectivity index (χ0n) is 16.4. The number of carbonyl (C=O) groups is 2. The Kier molecular flexibility index (Phi) is 8.66. The van der Waals surface area contributed by atoms with Crippen LogP contribution in [0.15, 0.2) is 41.1 Å². The van der Waals surface area contributed by atoms with Crippen LogP contribution in [0.2, 0.25) is 0 Å². The molecule has 0 atom stereocenters. The molecule has 0 bridgehead atoms. The Morgan fingerprint density at radius 3 is 2.50 bits per heavy atom. The summed E-state index contributed by atoms with van der Waals surface area (Å²) in [7, 11) is 3.95. The molecule has 0 unspecified atom stereocenters. The van der Waals surface area contributed by atoms with Crippen LogP contribution >= 0.6 is 11.3 Å². The summed E-state index contributed by atoms with van der Waals surface area (Å²) in [6.07, 6.45) is 0.980. The molecule has 0 saturated carbocycles. The first-order chi connectivity index (χ1) is 13.5. The minimum Gasteiger partial charge on any atom is -0.352 e. The number of hydrogen-bond donors (Lipinski definition) is 1. The predicted octanol–water partition coefficient (Wildman–Crippen LogP) is 2.72. The summed E-state index contributed by atoms with van der Waals surface area (Å²) in [6, 6.07) is 11.2. The molecule has 0 aliphatic heterocycles. The van der Waals surface area contributed by atoms with Gasteiger partial charge >= 0.3 is 0 Å². The molecule has 1 N–H and O–H groups in total. The highest BCUT2D eigenvalue weighted by molar-refractivity contribution is 7.08. The standard InChI is InChI=1S/C21H26N4O2S/c1-24(2)11-12-25(15-18-7-5-17(14-22)6-8-18)20(26)4-3-10-23-21(27)19-9-13-28-16-19/h5-9,13,16H,3-4,10-12,15H2,1-2H3,(H,23,27). The summed E-state index contributed by atoms with van der Waals surface area (Å²) in [5, 5.41) is 15.4. The van der Waals surface area contributed by atoms with E-state index in [0.29, 0.717) is 43.6 Å². The van der Waals surface area contributed by atoms with Crippen molar-refractivity contribution in [1.29, 1.82) is 5.26 Å². The van der Waals surface area contributed by atoms with Crippen LogP contribution in [0.3, 0.4) is 0 Å². The van der Waals surface area contributed by atoms with Gasteiger partial charge in [-0.05, 0) is 49.7 Å². The maximum absolute atomic E-state index is 12.7. The number of hydrogen-bond acceptors (Lipinski definition) is 5. The normalized spacial score (nSPS) is 10.5. The van der Waals surface area contributed by atoms with Crippen LogP contribution in [-0.4, -0.2) is 55.3 Å². The van der Waals surface area contributed by atoms with Gasteiger partial charge in [-0.25, -0.2) is 0 Å². The van der Waals surface area contributed by atoms with E-state index in [1.54, 1.807) is 23.6 Å². The van der Waals surface area contributed by atoms with Crippen molar-refractivity contribution in [3.8, 4) is 6.07 Å². The fourth-order valence-corrected chi connectivity index (χ4v) is 3.25. The van der Waals surface area contributed by atoms with Gasteiger partial charge in [-0.3, -0.25) is 9.59 Å². The van der Waals surface area contributed by atoms with Crippen molar-refractivity contribution in [2.24, 2.45) is 0 Å². The van der Waals surface area contributed by atoms with E-state index >= 15 is 0 Å². The van der Waals surface area contributed by atoms with Crippen molar-refractivity contribution in [2.75, 3.05) is 33.7 Å². The highest BCUT2D eigenvalue weighted by Gasteiger charge is 2.14. The Balaban J connectivity index is 1.85. The molecule has 0 aliphatic carbocycles. The number of nitrogens with one attached hydrogen (secondary N) is 1. The van der Waals surface area contributed by atoms with E-state index < -0.39 is 0 Å². The van der Waals surface area contributed by atoms with E-state index in [0.717, 1.165) is 12.1 Å². The molecule has 0 aliphatic rings. The Bertz CT molecular complexity index is 795. The predicted molar refractivity (Wildman–Crippen MR) is 111 cm³/mol. The first-order valence-corrected chi connectivity index (χ1v) is 10.2. The minimum absolute atomic E-state index is 0.0657. The Hall–Kier alpha value is -2.69. The van der Waals surface area contributed by atoms with Crippen LogP contribution in [-0.2, 0) is 11.3 Å². The van der Waals surface area contributed by atoms with E-state index in [-0.39, 0.29) is 11.8 Å². The third-order valence-corrected chi connectivity index (χ3v) is 4.95. The second-order valence-electron chi connectivity index (χ2n) is 6.80. The maximum atomic E-state index is 12.7. The summed E-state index contributed by atoms with van der Waals surface area (Å²) in [6.45, 7) is 2.39. The van der Waals surface area contributed by atoms with E-state index in [1.807, 2.05) is 41.4 Å². The molecule has 6 nitrogen and oxygen atoms in total. The Labute approximate surface area is 170 Å². The van der Waals surface area contributed by atoms with Crippen molar-refractivity contribution in [3.05, 3.63) is 57.8 Å². The lowest BCUT2D eigenvalue weighted by Gasteiger charge is -2.25. The molecule has 2 amide bonds. The molecule has 148 valence electrons. The van der Waals surface area contributed by atoms with Crippen LogP contribution in [0.4, 0.5) is 0 Å². The summed E-state index contributed by atoms with van der Waals surface area (Å²) < 4.78 is 0. The van der Waals surface area contributed by atoms with Crippen LogP contribution < -0.4 is 5.32 Å². The summed E-state index contributed by atoms with van der Waals surface area (Å²) >= 11 is 1.48. The van der Waals surface area contributed by atoms with Gasteiger partial charge in [-0.1, -0.05) is 12.1 Å². The van der Waals surface area contributed by atoms with E-state index in [4.69, 9.17) is 5.26 Å². The molecule has 0 fully saturated rings. The molecule has 28 heavy (non-hydrogen) atoms. The maximum Gasteiger partial charge on any atom is 0.252 e. The molecule has 2 aromatic rings. The number of nitrogens with zero attached hydrogens (tertiary/aromatic N) is 3. The van der Waals surface area contributed by atoms with Crippen molar-refractivity contribution < 1.29 is 9.59 Å². The third-order valence-electron chi connectivity index (χ3n) is 4.26. The molecular formula is C21H26N4O2S. The van der Waals surface area contributed by atoms with Crippen molar-refractivity contribution in [1.82, 2.24) is 15.1 Å². The largest absolute Gasteiger partial charge is 0.352 e. The number of amides is 2. The molecule has 0 spiro atoms. The smallest absolute Gasteiger partial charge is 0.252 e. The lowest BCUT2D eigenvalue weighted by Crippen LogP contribution is -2.36. The van der Waals surface area contributed by atoms with E-state index in [1.165, 1.54) is 11.3 Å². The second-order valence-corrected chi connectivity index (χ2v) is 7.58. The summed E-state index contributed by atoms with van der Waals surface area (Å²) in [5.41, 5.74) is 2.26. The van der Waals surface area contributed by atoms with Gasteiger partial charge in [0.2, 0.25) is 5.91 Å². The number of carbonyl (C=O) groups excluding carboxylic acids is 2. The van der Waals surface area contributed by atoms with E-state index in [2.05, 4.69) is 11.4 Å². The first kappa shape index (κ1) is 21.6. The quantitative estimate of drug-likeness (QED) is 0.625. The fraction of sp³-hybridized carbons (Fsp3) is 0.381. The highest BCUT2D eigenvalue weighted by Crippen LogP contribution is 2.10. The molecule has 1 aromatic heterocycles. The Morgan fingerprint density at radius 2 is 1.89 bits per heavy atom. The van der Waals surface area contributed by atoms with Gasteiger partial charge < -0.3 is 15.1 Å². The number of benzene rings is 1. The van der Waals surface area contributed by atoms with Gasteiger partial charge in [0.05, 0.1) is 11.6 Å². The van der Waals surface area contributed by atoms with Crippen LogP contribution in [0.25, 0.3) is 0 Å². The molecule has 0 saturated heterocycles.